The van der Waals surface area contributed by atoms with Crippen LogP contribution in [0.2, 0.25) is 0 Å². The van der Waals surface area contributed by atoms with Gasteiger partial charge in [0.15, 0.2) is 46.0 Å². The highest BCUT2D eigenvalue weighted by Gasteiger charge is 2.43. The molecule has 3 aliphatic heterocycles. The van der Waals surface area contributed by atoms with Gasteiger partial charge in [0, 0.05) is 38.3 Å². The molecule has 0 radical (unpaired) electrons. The van der Waals surface area contributed by atoms with Gasteiger partial charge >= 0.3 is 12.1 Å². The standard InChI is InChI=1S/C48H60N4O10/c1-29-27-49(47(53)50-17-15-33-23-43(59-7)45(61-9)25-35(33)37(50)19-31-11-13-39(55-3)41(21-31)57-5)28-30(2)52(29)48(54)51-18-16-34-24-44(60-8)46(62-10)26-36(34)38(51)20-32-12-14-40(56-4)42(22-32)58-6/h11-14,21-26,29-30,37-38H,15-20,27-28H2,1-10H3. The fraction of sp³-hybridized carbons (Fsp3) is 0.458. The Balaban J connectivity index is 1.17. The van der Waals surface area contributed by atoms with Crippen LogP contribution in [0, 0.1) is 0 Å². The molecule has 3 heterocycles. The number of hydrogen-bond acceptors (Lipinski definition) is 10. The number of hydrogen-bond donors (Lipinski definition) is 0. The monoisotopic (exact) mass is 852 g/mol. The average molecular weight is 853 g/mol. The van der Waals surface area contributed by atoms with Crippen LogP contribution in [0.25, 0.3) is 0 Å². The van der Waals surface area contributed by atoms with Crippen LogP contribution in [0.3, 0.4) is 0 Å². The molecule has 0 N–H and O–H groups in total. The number of amides is 4. The van der Waals surface area contributed by atoms with Crippen LogP contribution < -0.4 is 37.9 Å². The number of benzene rings is 4. The summed E-state index contributed by atoms with van der Waals surface area (Å²) in [6.45, 7) is 5.85. The number of nitrogens with zero attached hydrogens (tertiary/aromatic N) is 4. The molecule has 0 spiro atoms. The second-order valence-electron chi connectivity index (χ2n) is 16.1. The highest BCUT2D eigenvalue weighted by atomic mass is 16.5. The Morgan fingerprint density at radius 3 is 1.23 bits per heavy atom. The van der Waals surface area contributed by atoms with E-state index in [2.05, 4.69) is 0 Å². The Kier molecular flexibility index (Phi) is 13.3. The number of methoxy groups -OCH3 is 8. The van der Waals surface area contributed by atoms with Crippen LogP contribution in [0.4, 0.5) is 9.59 Å². The SMILES string of the molecule is COc1ccc(CC2c3cc(OC)c(OC)cc3CCN2C(=O)N2CC(C)N(C(=O)N3CCc4cc(OC)c(OC)cc4C3Cc3ccc(OC)c(OC)c3)C(C)C2)cc1OC. The van der Waals surface area contributed by atoms with Gasteiger partial charge in [-0.05, 0) is 121 Å². The number of piperazine rings is 1. The zero-order chi connectivity index (χ0) is 44.2. The second kappa shape index (κ2) is 18.8. The molecule has 14 heteroatoms. The molecule has 7 rings (SSSR count). The van der Waals surface area contributed by atoms with Crippen LogP contribution >= 0.6 is 0 Å². The molecule has 3 aliphatic rings. The van der Waals surface area contributed by atoms with Gasteiger partial charge in [-0.2, -0.15) is 0 Å². The van der Waals surface area contributed by atoms with E-state index in [0.29, 0.717) is 97.9 Å². The minimum Gasteiger partial charge on any atom is -0.493 e. The fourth-order valence-electron chi connectivity index (χ4n) is 9.60. The molecule has 4 atom stereocenters. The van der Waals surface area contributed by atoms with E-state index >= 15 is 4.79 Å². The molecule has 4 aromatic carbocycles. The molecule has 332 valence electrons. The van der Waals surface area contributed by atoms with Crippen LogP contribution in [0.15, 0.2) is 60.7 Å². The minimum atomic E-state index is -0.315. The molecule has 4 amide bonds. The molecule has 0 aliphatic carbocycles. The molecule has 1 saturated heterocycles. The summed E-state index contributed by atoms with van der Waals surface area (Å²) < 4.78 is 45.2. The quantitative estimate of drug-likeness (QED) is 0.143. The Morgan fingerprint density at radius 2 is 0.839 bits per heavy atom. The number of carbonyl (C=O) groups is 2. The zero-order valence-electron chi connectivity index (χ0n) is 37.6. The van der Waals surface area contributed by atoms with E-state index in [1.807, 2.05) is 94.1 Å². The lowest BCUT2D eigenvalue weighted by Crippen LogP contribution is -2.64. The van der Waals surface area contributed by atoms with Crippen molar-refractivity contribution in [1.82, 2.24) is 19.6 Å². The number of ether oxygens (including phenoxy) is 8. The second-order valence-corrected chi connectivity index (χ2v) is 16.1. The molecule has 0 saturated carbocycles. The third-order valence-corrected chi connectivity index (χ3v) is 12.7. The molecule has 14 nitrogen and oxygen atoms in total. The highest BCUT2D eigenvalue weighted by molar-refractivity contribution is 5.79. The molecule has 0 bridgehead atoms. The molecule has 1 fully saturated rings. The van der Waals surface area contributed by atoms with E-state index in [9.17, 15) is 4.79 Å². The van der Waals surface area contributed by atoms with Crippen molar-refractivity contribution < 1.29 is 47.5 Å². The normalized spacial score (nSPS) is 19.5. The summed E-state index contributed by atoms with van der Waals surface area (Å²) in [6, 6.07) is 18.5. The molecular formula is C48H60N4O10. The maximum absolute atomic E-state index is 15.1. The summed E-state index contributed by atoms with van der Waals surface area (Å²) in [7, 11) is 13.0. The van der Waals surface area contributed by atoms with Crippen molar-refractivity contribution in [3.05, 3.63) is 94.0 Å². The molecule has 4 aromatic rings. The van der Waals surface area contributed by atoms with Crippen molar-refractivity contribution in [2.75, 3.05) is 83.1 Å². The van der Waals surface area contributed by atoms with E-state index in [1.54, 1.807) is 56.9 Å². The predicted molar refractivity (Wildman–Crippen MR) is 235 cm³/mol. The van der Waals surface area contributed by atoms with Crippen LogP contribution in [0.1, 0.15) is 59.3 Å². The molecule has 4 unspecified atom stereocenters. The van der Waals surface area contributed by atoms with Crippen molar-refractivity contribution in [3.63, 3.8) is 0 Å². The van der Waals surface area contributed by atoms with Gasteiger partial charge in [0.1, 0.15) is 0 Å². The minimum absolute atomic E-state index is 0.0673. The molecular weight excluding hydrogens is 793 g/mol. The number of rotatable bonds is 12. The Morgan fingerprint density at radius 1 is 0.484 bits per heavy atom. The first-order valence-corrected chi connectivity index (χ1v) is 21.1. The number of fused-ring (bicyclic) bond motifs is 2. The van der Waals surface area contributed by atoms with Gasteiger partial charge in [-0.15, -0.1) is 0 Å². The van der Waals surface area contributed by atoms with Gasteiger partial charge in [0.25, 0.3) is 0 Å². The van der Waals surface area contributed by atoms with Crippen molar-refractivity contribution in [2.24, 2.45) is 0 Å². The average Bonchev–Trinajstić information content (AvgIpc) is 3.29. The Bertz CT molecular complexity index is 2260. The molecule has 0 aromatic heterocycles. The summed E-state index contributed by atoms with van der Waals surface area (Å²) in [6.07, 6.45) is 2.37. The summed E-state index contributed by atoms with van der Waals surface area (Å²) >= 11 is 0. The van der Waals surface area contributed by atoms with Crippen LogP contribution in [-0.4, -0.2) is 127 Å². The smallest absolute Gasteiger partial charge is 0.321 e. The van der Waals surface area contributed by atoms with E-state index in [4.69, 9.17) is 37.9 Å². The lowest BCUT2D eigenvalue weighted by atomic mass is 9.88. The third kappa shape index (κ3) is 8.38. The van der Waals surface area contributed by atoms with E-state index in [0.717, 1.165) is 33.4 Å². The maximum atomic E-state index is 15.1. The number of urea groups is 2. The van der Waals surface area contributed by atoms with Gasteiger partial charge < -0.3 is 57.5 Å². The number of carbonyl (C=O) groups excluding carboxylic acids is 2. The summed E-state index contributed by atoms with van der Waals surface area (Å²) in [4.78, 5) is 37.8. The van der Waals surface area contributed by atoms with Gasteiger partial charge in [-0.25, -0.2) is 9.59 Å². The van der Waals surface area contributed by atoms with Crippen molar-refractivity contribution in [2.45, 2.75) is 63.7 Å². The topological polar surface area (TPSA) is 121 Å². The third-order valence-electron chi connectivity index (χ3n) is 12.7. The summed E-state index contributed by atoms with van der Waals surface area (Å²) in [5.41, 5.74) is 6.21. The van der Waals surface area contributed by atoms with Crippen LogP contribution in [0.5, 0.6) is 46.0 Å². The van der Waals surface area contributed by atoms with Crippen molar-refractivity contribution in [3.8, 4) is 46.0 Å². The lowest BCUT2D eigenvalue weighted by molar-refractivity contribution is 0.0390. The highest BCUT2D eigenvalue weighted by Crippen LogP contribution is 2.43. The van der Waals surface area contributed by atoms with E-state index in [-0.39, 0.29) is 36.2 Å². The maximum Gasteiger partial charge on any atom is 0.321 e. The van der Waals surface area contributed by atoms with Gasteiger partial charge in [-0.3, -0.25) is 0 Å². The Labute approximate surface area is 365 Å². The van der Waals surface area contributed by atoms with Crippen molar-refractivity contribution in [1.29, 1.82) is 0 Å². The fourth-order valence-corrected chi connectivity index (χ4v) is 9.60. The lowest BCUT2D eigenvalue weighted by Gasteiger charge is -2.50. The van der Waals surface area contributed by atoms with Gasteiger partial charge in [0.2, 0.25) is 0 Å². The zero-order valence-corrected chi connectivity index (χ0v) is 37.6. The predicted octanol–water partition coefficient (Wildman–Crippen LogP) is 7.37. The van der Waals surface area contributed by atoms with Gasteiger partial charge in [0.05, 0.1) is 69.0 Å². The largest absolute Gasteiger partial charge is 0.493 e. The first-order valence-electron chi connectivity index (χ1n) is 21.1. The summed E-state index contributed by atoms with van der Waals surface area (Å²) in [5.74, 6) is 5.03. The van der Waals surface area contributed by atoms with E-state index in [1.165, 1.54) is 0 Å². The first-order chi connectivity index (χ1) is 30.0. The summed E-state index contributed by atoms with van der Waals surface area (Å²) in [5, 5.41) is 0. The Hall–Kier alpha value is -6.18. The van der Waals surface area contributed by atoms with Crippen molar-refractivity contribution >= 4 is 12.1 Å². The van der Waals surface area contributed by atoms with E-state index < -0.39 is 0 Å². The van der Waals surface area contributed by atoms with Gasteiger partial charge in [-0.1, -0.05) is 12.1 Å². The molecule has 62 heavy (non-hydrogen) atoms. The van der Waals surface area contributed by atoms with Crippen LogP contribution in [-0.2, 0) is 25.7 Å². The first kappa shape index (κ1) is 43.9.